The maximum Gasteiger partial charge on any atom is 0.363 e. The van der Waals surface area contributed by atoms with E-state index in [4.69, 9.17) is 14.2 Å². The largest absolute Gasteiger partial charge is 0.493 e. The van der Waals surface area contributed by atoms with Gasteiger partial charge >= 0.3 is 5.97 Å². The van der Waals surface area contributed by atoms with Crippen molar-refractivity contribution in [2.24, 2.45) is 4.99 Å². The van der Waals surface area contributed by atoms with Crippen LogP contribution in [0.5, 0.6) is 11.5 Å². The van der Waals surface area contributed by atoms with Gasteiger partial charge < -0.3 is 14.2 Å². The molecule has 33 heavy (non-hydrogen) atoms. The summed E-state index contributed by atoms with van der Waals surface area (Å²) in [6.07, 6.45) is 1.56. The molecule has 0 radical (unpaired) electrons. The van der Waals surface area contributed by atoms with Crippen molar-refractivity contribution in [2.75, 3.05) is 7.11 Å². The molecule has 0 saturated carbocycles. The average molecular weight is 556 g/mol. The maximum atomic E-state index is 12.4. The summed E-state index contributed by atoms with van der Waals surface area (Å²) in [6, 6.07) is 18.9. The van der Waals surface area contributed by atoms with Crippen LogP contribution in [0.25, 0.3) is 6.08 Å². The number of nitrogens with zero attached hydrogens (tertiary/aromatic N) is 2. The minimum Gasteiger partial charge on any atom is -0.493 e. The molecule has 3 aromatic rings. The summed E-state index contributed by atoms with van der Waals surface area (Å²) < 4.78 is 17.9. The highest BCUT2D eigenvalue weighted by Crippen LogP contribution is 2.34. The number of nitro benzene ring substituents is 1. The molecule has 0 atom stereocenters. The Hall–Kier alpha value is -3.73. The molecule has 0 aliphatic carbocycles. The summed E-state index contributed by atoms with van der Waals surface area (Å²) >= 11 is 2.24. The number of aliphatic imine (C=N–C) groups is 1. The molecule has 0 unspecified atom stereocenters. The Morgan fingerprint density at radius 2 is 1.88 bits per heavy atom. The minimum absolute atomic E-state index is 0.0642. The molecule has 0 amide bonds. The lowest BCUT2D eigenvalue weighted by Crippen LogP contribution is -2.05. The van der Waals surface area contributed by atoms with Crippen molar-refractivity contribution in [3.05, 3.63) is 103 Å². The first kappa shape index (κ1) is 22.5. The standard InChI is InChI=1S/C24H17IN2O6/c1-31-21-7-3-5-17(22(21)32-14-15-4-2-6-18(25)12-15)13-20-24(28)33-23(26-20)16-8-10-19(11-9-16)27(29)30/h2-13H,14H2,1H3/b20-13-. The summed E-state index contributed by atoms with van der Waals surface area (Å²) in [5.41, 5.74) is 2.06. The highest BCUT2D eigenvalue weighted by molar-refractivity contribution is 14.1. The van der Waals surface area contributed by atoms with E-state index in [1.165, 1.54) is 24.3 Å². The van der Waals surface area contributed by atoms with Crippen LogP contribution in [0.2, 0.25) is 0 Å². The van der Waals surface area contributed by atoms with Gasteiger partial charge in [0.15, 0.2) is 17.2 Å². The van der Waals surface area contributed by atoms with E-state index in [-0.39, 0.29) is 17.3 Å². The van der Waals surface area contributed by atoms with E-state index in [1.807, 2.05) is 24.3 Å². The van der Waals surface area contributed by atoms with E-state index in [2.05, 4.69) is 27.6 Å². The van der Waals surface area contributed by atoms with Crippen molar-refractivity contribution >= 4 is 46.2 Å². The number of esters is 1. The Morgan fingerprint density at radius 3 is 2.58 bits per heavy atom. The third-order valence-electron chi connectivity index (χ3n) is 4.74. The molecule has 1 heterocycles. The number of non-ortho nitro benzene ring substituents is 1. The van der Waals surface area contributed by atoms with Crippen molar-refractivity contribution in [1.82, 2.24) is 0 Å². The zero-order valence-corrected chi connectivity index (χ0v) is 19.5. The highest BCUT2D eigenvalue weighted by atomic mass is 127. The van der Waals surface area contributed by atoms with Crippen LogP contribution < -0.4 is 9.47 Å². The van der Waals surface area contributed by atoms with Gasteiger partial charge in [-0.2, -0.15) is 0 Å². The molecule has 3 aromatic carbocycles. The summed E-state index contributed by atoms with van der Waals surface area (Å²) in [5, 5.41) is 10.8. The fourth-order valence-electron chi connectivity index (χ4n) is 3.15. The predicted molar refractivity (Wildman–Crippen MR) is 130 cm³/mol. The second kappa shape index (κ2) is 9.82. The molecule has 1 aliphatic rings. The second-order valence-electron chi connectivity index (χ2n) is 6.94. The van der Waals surface area contributed by atoms with Gasteiger partial charge in [0.2, 0.25) is 5.90 Å². The predicted octanol–water partition coefficient (Wildman–Crippen LogP) is 5.13. The number of carbonyl (C=O) groups excluding carboxylic acids is 1. The number of hydrogen-bond acceptors (Lipinski definition) is 7. The van der Waals surface area contributed by atoms with E-state index < -0.39 is 10.9 Å². The topological polar surface area (TPSA) is 100 Å². The van der Waals surface area contributed by atoms with E-state index in [9.17, 15) is 14.9 Å². The number of benzene rings is 3. The van der Waals surface area contributed by atoms with Gasteiger partial charge in [-0.25, -0.2) is 9.79 Å². The summed E-state index contributed by atoms with van der Waals surface area (Å²) in [6.45, 7) is 0.315. The van der Waals surface area contributed by atoms with Crippen molar-refractivity contribution in [2.45, 2.75) is 6.61 Å². The lowest BCUT2D eigenvalue weighted by molar-refractivity contribution is -0.384. The van der Waals surface area contributed by atoms with Crippen molar-refractivity contribution < 1.29 is 23.9 Å². The molecule has 1 aliphatic heterocycles. The summed E-state index contributed by atoms with van der Waals surface area (Å²) in [5.74, 6) is 0.430. The van der Waals surface area contributed by atoms with Crippen LogP contribution in [0.3, 0.4) is 0 Å². The van der Waals surface area contributed by atoms with Gasteiger partial charge in [-0.3, -0.25) is 10.1 Å². The number of ether oxygens (including phenoxy) is 3. The third-order valence-corrected chi connectivity index (χ3v) is 5.41. The van der Waals surface area contributed by atoms with Gasteiger partial charge in [-0.15, -0.1) is 0 Å². The normalized spacial score (nSPS) is 14.1. The van der Waals surface area contributed by atoms with Gasteiger partial charge in [0.25, 0.3) is 5.69 Å². The number of carbonyl (C=O) groups is 1. The molecule has 0 spiro atoms. The van der Waals surface area contributed by atoms with Crippen molar-refractivity contribution in [3.63, 3.8) is 0 Å². The Kier molecular flexibility index (Phi) is 6.68. The Balaban J connectivity index is 1.63. The first-order valence-corrected chi connectivity index (χ1v) is 10.8. The van der Waals surface area contributed by atoms with Crippen molar-refractivity contribution in [1.29, 1.82) is 0 Å². The van der Waals surface area contributed by atoms with E-state index in [0.29, 0.717) is 29.2 Å². The molecule has 4 rings (SSSR count). The van der Waals surface area contributed by atoms with E-state index in [1.54, 1.807) is 31.4 Å². The molecule has 0 bridgehead atoms. The molecular weight excluding hydrogens is 539 g/mol. The minimum atomic E-state index is -0.630. The molecule has 8 nitrogen and oxygen atoms in total. The zero-order valence-electron chi connectivity index (χ0n) is 17.4. The molecule has 166 valence electrons. The smallest absolute Gasteiger partial charge is 0.363 e. The average Bonchev–Trinajstić information content (AvgIpc) is 3.18. The van der Waals surface area contributed by atoms with Crippen LogP contribution in [0.4, 0.5) is 5.69 Å². The highest BCUT2D eigenvalue weighted by Gasteiger charge is 2.25. The van der Waals surface area contributed by atoms with Gasteiger partial charge in [0, 0.05) is 26.8 Å². The first-order chi connectivity index (χ1) is 15.9. The molecule has 0 N–H and O–H groups in total. The molecule has 9 heteroatoms. The van der Waals surface area contributed by atoms with Gasteiger partial charge in [-0.05, 0) is 64.6 Å². The number of cyclic esters (lactones) is 1. The monoisotopic (exact) mass is 556 g/mol. The fourth-order valence-corrected chi connectivity index (χ4v) is 3.76. The summed E-state index contributed by atoms with van der Waals surface area (Å²) in [7, 11) is 1.54. The van der Waals surface area contributed by atoms with Crippen LogP contribution >= 0.6 is 22.6 Å². The SMILES string of the molecule is COc1cccc(/C=C2\N=C(c3ccc([N+](=O)[O-])cc3)OC2=O)c1OCc1cccc(I)c1. The number of halogens is 1. The van der Waals surface area contributed by atoms with Gasteiger partial charge in [-0.1, -0.05) is 24.3 Å². The first-order valence-electron chi connectivity index (χ1n) is 9.76. The van der Waals surface area contributed by atoms with Gasteiger partial charge in [0.05, 0.1) is 12.0 Å². The van der Waals surface area contributed by atoms with Crippen LogP contribution in [-0.2, 0) is 16.1 Å². The molecule has 0 saturated heterocycles. The van der Waals surface area contributed by atoms with E-state index in [0.717, 1.165) is 9.13 Å². The Morgan fingerprint density at radius 1 is 1.12 bits per heavy atom. The lowest BCUT2D eigenvalue weighted by atomic mass is 10.1. The fraction of sp³-hybridized carbons (Fsp3) is 0.0833. The Labute approximate surface area is 202 Å². The van der Waals surface area contributed by atoms with E-state index >= 15 is 0 Å². The molecular formula is C24H17IN2O6. The lowest BCUT2D eigenvalue weighted by Gasteiger charge is -2.13. The number of rotatable bonds is 7. The molecule has 0 fully saturated rings. The van der Waals surface area contributed by atoms with Gasteiger partial charge in [0.1, 0.15) is 6.61 Å². The number of nitro groups is 1. The van der Waals surface area contributed by atoms with Crippen LogP contribution in [-0.4, -0.2) is 23.9 Å². The Bertz CT molecular complexity index is 1280. The van der Waals surface area contributed by atoms with Crippen molar-refractivity contribution in [3.8, 4) is 11.5 Å². The third kappa shape index (κ3) is 5.20. The maximum absolute atomic E-state index is 12.4. The number of methoxy groups -OCH3 is 1. The van der Waals surface area contributed by atoms with Crippen LogP contribution in [0.1, 0.15) is 16.7 Å². The number of para-hydroxylation sites is 1. The summed E-state index contributed by atoms with van der Waals surface area (Å²) in [4.78, 5) is 27.1. The zero-order chi connectivity index (χ0) is 23.4. The number of hydrogen-bond donors (Lipinski definition) is 0. The quantitative estimate of drug-likeness (QED) is 0.132. The van der Waals surface area contributed by atoms with Crippen LogP contribution in [0, 0.1) is 13.7 Å². The molecule has 0 aromatic heterocycles. The second-order valence-corrected chi connectivity index (χ2v) is 8.18. The van der Waals surface area contributed by atoms with Crippen LogP contribution in [0.15, 0.2) is 77.4 Å².